The molecule has 2 aromatic heterocycles. The van der Waals surface area contributed by atoms with Gasteiger partial charge in [-0.2, -0.15) is 0 Å². The van der Waals surface area contributed by atoms with Crippen LogP contribution in [0.2, 0.25) is 0 Å². The smallest absolute Gasteiger partial charge is 0.230 e. The summed E-state index contributed by atoms with van der Waals surface area (Å²) in [5, 5.41) is -0.684. The van der Waals surface area contributed by atoms with Gasteiger partial charge in [0.25, 0.3) is 0 Å². The van der Waals surface area contributed by atoms with Crippen molar-refractivity contribution in [2.75, 3.05) is 18.7 Å². The Kier molecular flexibility index (Phi) is 4.32. The van der Waals surface area contributed by atoms with Gasteiger partial charge in [0.05, 0.1) is 12.9 Å². The first-order chi connectivity index (χ1) is 9.72. The van der Waals surface area contributed by atoms with E-state index in [1.54, 1.807) is 31.7 Å². The number of fused-ring (bicyclic) bond motifs is 1. The minimum absolute atomic E-state index is 0.166. The summed E-state index contributed by atoms with van der Waals surface area (Å²) in [6, 6.07) is 0. The second-order valence-corrected chi connectivity index (χ2v) is 8.78. The highest BCUT2D eigenvalue weighted by atomic mass is 31.2. The van der Waals surface area contributed by atoms with Gasteiger partial charge in [0, 0.05) is 11.7 Å². The maximum absolute atomic E-state index is 12.0. The van der Waals surface area contributed by atoms with Gasteiger partial charge in [0.2, 0.25) is 7.37 Å². The number of nitrogens with zero attached hydrogens (tertiary/aromatic N) is 4. The number of hydrogen-bond donors (Lipinski definition) is 2. The zero-order valence-corrected chi connectivity index (χ0v) is 13.2. The number of ether oxygens (including phenoxy) is 1. The Morgan fingerprint density at radius 1 is 1.38 bits per heavy atom. The van der Waals surface area contributed by atoms with Crippen molar-refractivity contribution in [2.24, 2.45) is 0 Å². The van der Waals surface area contributed by atoms with Crippen molar-refractivity contribution in [1.29, 1.82) is 0 Å². The Bertz CT molecular complexity index is 679. The molecule has 0 aliphatic heterocycles. The highest BCUT2D eigenvalue weighted by molar-refractivity contribution is 7.59. The molecular formula is C12H20N5O3P. The van der Waals surface area contributed by atoms with Crippen LogP contribution < -0.4 is 5.73 Å². The fourth-order valence-electron chi connectivity index (χ4n) is 1.61. The van der Waals surface area contributed by atoms with Gasteiger partial charge in [0.1, 0.15) is 18.2 Å². The van der Waals surface area contributed by atoms with Gasteiger partial charge in [-0.05, 0) is 0 Å². The van der Waals surface area contributed by atoms with E-state index in [1.165, 1.54) is 6.33 Å². The van der Waals surface area contributed by atoms with Crippen LogP contribution in [-0.2, 0) is 15.8 Å². The van der Waals surface area contributed by atoms with Crippen LogP contribution in [0.25, 0.3) is 11.2 Å². The molecule has 0 aliphatic carbocycles. The van der Waals surface area contributed by atoms with Crippen LogP contribution >= 0.6 is 7.37 Å². The zero-order chi connectivity index (χ0) is 15.7. The van der Waals surface area contributed by atoms with Crippen LogP contribution in [0.4, 0.5) is 5.82 Å². The predicted molar refractivity (Wildman–Crippen MR) is 80.1 cm³/mol. The predicted octanol–water partition coefficient (Wildman–Crippen LogP) is 1.45. The first kappa shape index (κ1) is 15.9. The van der Waals surface area contributed by atoms with Crippen LogP contribution in [0, 0.1) is 0 Å². The van der Waals surface area contributed by atoms with Crippen molar-refractivity contribution in [3.63, 3.8) is 0 Å². The summed E-state index contributed by atoms with van der Waals surface area (Å²) in [6.07, 6.45) is 2.81. The van der Waals surface area contributed by atoms with Crippen molar-refractivity contribution in [2.45, 2.75) is 32.5 Å². The maximum Gasteiger partial charge on any atom is 0.230 e. The lowest BCUT2D eigenvalue weighted by Gasteiger charge is -2.25. The lowest BCUT2D eigenvalue weighted by Crippen LogP contribution is -2.18. The normalized spacial score (nSPS) is 15.2. The number of nitrogens with two attached hydrogens (primary N) is 1. The number of aromatic nitrogens is 4. The van der Waals surface area contributed by atoms with E-state index in [1.807, 2.05) is 0 Å². The third kappa shape index (κ3) is 3.40. The molecule has 0 saturated carbocycles. The Hall–Kier alpha value is -1.50. The summed E-state index contributed by atoms with van der Waals surface area (Å²) in [6.45, 7) is 5.92. The lowest BCUT2D eigenvalue weighted by molar-refractivity contribution is 0.157. The average Bonchev–Trinajstić information content (AvgIpc) is 2.78. The van der Waals surface area contributed by atoms with Crippen LogP contribution in [0.1, 0.15) is 20.8 Å². The number of anilines is 1. The zero-order valence-electron chi connectivity index (χ0n) is 12.4. The summed E-state index contributed by atoms with van der Waals surface area (Å²) < 4.78 is 19.1. The molecule has 1 atom stereocenters. The van der Waals surface area contributed by atoms with Crippen LogP contribution in [0.15, 0.2) is 12.7 Å². The van der Waals surface area contributed by atoms with Crippen molar-refractivity contribution in [3.05, 3.63) is 12.7 Å². The van der Waals surface area contributed by atoms with Crippen molar-refractivity contribution >= 4 is 24.4 Å². The maximum atomic E-state index is 12.0. The summed E-state index contributed by atoms with van der Waals surface area (Å²) in [5.74, 6) is 0.326. The van der Waals surface area contributed by atoms with E-state index in [0.29, 0.717) is 23.5 Å². The molecule has 3 N–H and O–H groups in total. The number of rotatable bonds is 5. The summed E-state index contributed by atoms with van der Waals surface area (Å²) in [7, 11) is -3.33. The summed E-state index contributed by atoms with van der Waals surface area (Å²) >= 11 is 0. The molecule has 9 heteroatoms. The molecule has 0 saturated heterocycles. The molecule has 0 radical (unpaired) electrons. The Morgan fingerprint density at radius 2 is 2.10 bits per heavy atom. The van der Waals surface area contributed by atoms with E-state index in [9.17, 15) is 9.46 Å². The van der Waals surface area contributed by atoms with Crippen molar-refractivity contribution in [1.82, 2.24) is 19.5 Å². The first-order valence-corrected chi connectivity index (χ1v) is 8.38. The molecule has 0 spiro atoms. The van der Waals surface area contributed by atoms with Crippen molar-refractivity contribution < 1.29 is 14.2 Å². The number of nitrogen functional groups attached to an aromatic ring is 1. The standard InChI is InChI=1S/C12H20N5O3P/c1-12(2,3)21(18,19)8-20-5-4-17-7-16-9-10(13)14-6-15-11(9)17/h6-7H,4-5,8H2,1-3H3,(H,18,19)(H2,13,14,15). The van der Waals surface area contributed by atoms with Gasteiger partial charge in [-0.1, -0.05) is 20.8 Å². The SMILES string of the molecule is CC(C)(C)P(=O)(O)COCCn1cnc2c(N)ncnc21. The third-order valence-electron chi connectivity index (χ3n) is 3.22. The van der Waals surface area contributed by atoms with Gasteiger partial charge in [-0.25, -0.2) is 15.0 Å². The Labute approximate surface area is 122 Å². The summed E-state index contributed by atoms with van der Waals surface area (Å²) in [5.41, 5.74) is 6.86. The van der Waals surface area contributed by atoms with E-state index in [0.717, 1.165) is 0 Å². The molecule has 1 unspecified atom stereocenters. The molecular weight excluding hydrogens is 293 g/mol. The fraction of sp³-hybridized carbons (Fsp3) is 0.583. The van der Waals surface area contributed by atoms with E-state index >= 15 is 0 Å². The molecule has 2 aromatic rings. The average molecular weight is 313 g/mol. The molecule has 0 amide bonds. The quantitative estimate of drug-likeness (QED) is 0.634. The topological polar surface area (TPSA) is 116 Å². The van der Waals surface area contributed by atoms with Crippen LogP contribution in [0.3, 0.4) is 0 Å². The van der Waals surface area contributed by atoms with Crippen molar-refractivity contribution in [3.8, 4) is 0 Å². The van der Waals surface area contributed by atoms with Gasteiger partial charge >= 0.3 is 0 Å². The van der Waals surface area contributed by atoms with E-state index in [2.05, 4.69) is 15.0 Å². The molecule has 0 fully saturated rings. The third-order valence-corrected chi connectivity index (χ3v) is 5.85. The molecule has 0 bridgehead atoms. The van der Waals surface area contributed by atoms with Crippen LogP contribution in [0.5, 0.6) is 0 Å². The second kappa shape index (κ2) is 5.71. The molecule has 2 heterocycles. The lowest BCUT2D eigenvalue weighted by atomic mass is 10.3. The molecule has 8 nitrogen and oxygen atoms in total. The van der Waals surface area contributed by atoms with Gasteiger partial charge in [-0.3, -0.25) is 4.57 Å². The van der Waals surface area contributed by atoms with E-state index in [-0.39, 0.29) is 13.0 Å². The van der Waals surface area contributed by atoms with E-state index < -0.39 is 12.5 Å². The van der Waals surface area contributed by atoms with Gasteiger partial charge < -0.3 is 19.9 Å². The number of imidazole rings is 1. The monoisotopic (exact) mass is 313 g/mol. The molecule has 21 heavy (non-hydrogen) atoms. The molecule has 0 aliphatic rings. The first-order valence-electron chi connectivity index (χ1n) is 6.53. The Morgan fingerprint density at radius 3 is 2.76 bits per heavy atom. The molecule has 2 rings (SSSR count). The highest BCUT2D eigenvalue weighted by Gasteiger charge is 2.34. The fourth-order valence-corrected chi connectivity index (χ4v) is 2.37. The number of hydrogen-bond acceptors (Lipinski definition) is 6. The van der Waals surface area contributed by atoms with E-state index in [4.69, 9.17) is 10.5 Å². The minimum atomic E-state index is -3.33. The van der Waals surface area contributed by atoms with Gasteiger partial charge in [0.15, 0.2) is 11.5 Å². The van der Waals surface area contributed by atoms with Gasteiger partial charge in [-0.15, -0.1) is 0 Å². The largest absolute Gasteiger partial charge is 0.382 e. The Balaban J connectivity index is 1.95. The van der Waals surface area contributed by atoms with Crippen LogP contribution in [-0.4, -0.2) is 42.5 Å². The summed E-state index contributed by atoms with van der Waals surface area (Å²) in [4.78, 5) is 22.0. The minimum Gasteiger partial charge on any atom is -0.382 e. The molecule has 116 valence electrons. The highest BCUT2D eigenvalue weighted by Crippen LogP contribution is 2.53. The second-order valence-electron chi connectivity index (χ2n) is 5.78. The molecule has 0 aromatic carbocycles.